The number of nitrogens with one attached hydrogen (secondary N) is 1. The molecule has 1 aromatic carbocycles. The van der Waals surface area contributed by atoms with E-state index < -0.39 is 9.84 Å². The highest BCUT2D eigenvalue weighted by atomic mass is 35.5. The number of halogens is 1. The van der Waals surface area contributed by atoms with Crippen molar-refractivity contribution in [1.29, 1.82) is 0 Å². The van der Waals surface area contributed by atoms with Gasteiger partial charge >= 0.3 is 0 Å². The lowest BCUT2D eigenvalue weighted by Gasteiger charge is -2.34. The van der Waals surface area contributed by atoms with Crippen LogP contribution in [0.15, 0.2) is 29.2 Å². The molecular weight excluding hydrogens is 412 g/mol. The minimum atomic E-state index is -3.18. The second-order valence-corrected chi connectivity index (χ2v) is 10.0. The topological polar surface area (TPSA) is 84.3 Å². The van der Waals surface area contributed by atoms with Crippen molar-refractivity contribution >= 4 is 33.0 Å². The predicted octanol–water partition coefficient (Wildman–Crippen LogP) is 2.73. The summed E-state index contributed by atoms with van der Waals surface area (Å²) in [4.78, 5) is 15.0. The van der Waals surface area contributed by atoms with Crippen LogP contribution in [0.3, 0.4) is 0 Å². The molecule has 1 saturated heterocycles. The van der Waals surface area contributed by atoms with Crippen LogP contribution in [0.2, 0.25) is 5.02 Å². The fourth-order valence-corrected chi connectivity index (χ4v) is 4.57. The molecule has 158 valence electrons. The number of piperidine rings is 1. The highest BCUT2D eigenvalue weighted by molar-refractivity contribution is 7.91. The van der Waals surface area contributed by atoms with Crippen molar-refractivity contribution in [1.82, 2.24) is 15.1 Å². The Morgan fingerprint density at radius 3 is 2.34 bits per heavy atom. The van der Waals surface area contributed by atoms with E-state index in [1.807, 2.05) is 26.0 Å². The van der Waals surface area contributed by atoms with Crippen molar-refractivity contribution in [3.05, 3.63) is 40.7 Å². The summed E-state index contributed by atoms with van der Waals surface area (Å²) in [5.41, 5.74) is 2.52. The Kier molecular flexibility index (Phi) is 6.53. The van der Waals surface area contributed by atoms with Crippen LogP contribution in [0, 0.1) is 13.8 Å². The van der Waals surface area contributed by atoms with Crippen LogP contribution in [-0.4, -0.2) is 49.0 Å². The van der Waals surface area contributed by atoms with Gasteiger partial charge in [0.05, 0.1) is 27.1 Å². The van der Waals surface area contributed by atoms with E-state index in [1.54, 1.807) is 23.7 Å². The fraction of sp³-hybridized carbons (Fsp3) is 0.500. The Balaban J connectivity index is 1.52. The second-order valence-electron chi connectivity index (χ2n) is 7.37. The van der Waals surface area contributed by atoms with Gasteiger partial charge in [-0.3, -0.25) is 9.48 Å². The van der Waals surface area contributed by atoms with Crippen LogP contribution in [0.4, 0.5) is 5.69 Å². The molecule has 1 fully saturated rings. The van der Waals surface area contributed by atoms with E-state index in [0.29, 0.717) is 9.92 Å². The van der Waals surface area contributed by atoms with Gasteiger partial charge < -0.3 is 10.2 Å². The Bertz CT molecular complexity index is 978. The smallest absolute Gasteiger partial charge is 0.241 e. The summed E-state index contributed by atoms with van der Waals surface area (Å²) in [6, 6.07) is 7.16. The van der Waals surface area contributed by atoms with Gasteiger partial charge in [0.25, 0.3) is 0 Å². The van der Waals surface area contributed by atoms with E-state index >= 15 is 0 Å². The number of hydrogen-bond acceptors (Lipinski definition) is 5. The Morgan fingerprint density at radius 1 is 1.21 bits per heavy atom. The zero-order chi connectivity index (χ0) is 21.2. The standard InChI is InChI=1S/C20H27ClN4O3S/c1-4-29(27,28)18-7-5-17(6-8-18)24-11-9-16(10-12-24)22-19(26)13-25-15(3)20(21)14(2)23-25/h5-8,16H,4,9-13H2,1-3H3,(H,22,26). The first-order valence-electron chi connectivity index (χ1n) is 9.78. The number of amides is 1. The van der Waals surface area contributed by atoms with Crippen LogP contribution < -0.4 is 10.2 Å². The van der Waals surface area contributed by atoms with E-state index in [4.69, 9.17) is 11.6 Å². The van der Waals surface area contributed by atoms with E-state index in [0.717, 1.165) is 43.0 Å². The van der Waals surface area contributed by atoms with Crippen molar-refractivity contribution in [3.8, 4) is 0 Å². The third-order valence-electron chi connectivity index (χ3n) is 5.39. The number of hydrogen-bond donors (Lipinski definition) is 1. The molecule has 3 rings (SSSR count). The number of carbonyl (C=O) groups excluding carboxylic acids is 1. The number of aryl methyl sites for hydroxylation is 1. The zero-order valence-electron chi connectivity index (χ0n) is 17.0. The number of benzene rings is 1. The van der Waals surface area contributed by atoms with E-state index in [9.17, 15) is 13.2 Å². The summed E-state index contributed by atoms with van der Waals surface area (Å²) in [5.74, 6) is 0.0289. The van der Waals surface area contributed by atoms with Gasteiger partial charge in [0.2, 0.25) is 5.91 Å². The third-order valence-corrected chi connectivity index (χ3v) is 7.69. The Labute approximate surface area is 177 Å². The van der Waals surface area contributed by atoms with Gasteiger partial charge in [-0.1, -0.05) is 18.5 Å². The molecular formula is C20H27ClN4O3S. The molecule has 7 nitrogen and oxygen atoms in total. The zero-order valence-corrected chi connectivity index (χ0v) is 18.6. The molecule has 1 aromatic heterocycles. The maximum atomic E-state index is 12.4. The van der Waals surface area contributed by atoms with Gasteiger partial charge in [0, 0.05) is 24.8 Å². The minimum Gasteiger partial charge on any atom is -0.371 e. The van der Waals surface area contributed by atoms with Crippen LogP contribution in [0.1, 0.15) is 31.2 Å². The number of sulfone groups is 1. The van der Waals surface area contributed by atoms with Gasteiger partial charge in [0.15, 0.2) is 9.84 Å². The van der Waals surface area contributed by atoms with Gasteiger partial charge in [-0.25, -0.2) is 8.42 Å². The molecule has 0 unspecified atom stereocenters. The highest BCUT2D eigenvalue weighted by Crippen LogP contribution is 2.23. The van der Waals surface area contributed by atoms with Crippen LogP contribution in [-0.2, 0) is 21.2 Å². The molecule has 0 radical (unpaired) electrons. The highest BCUT2D eigenvalue weighted by Gasteiger charge is 2.22. The van der Waals surface area contributed by atoms with Gasteiger partial charge in [-0.2, -0.15) is 5.10 Å². The van der Waals surface area contributed by atoms with Gasteiger partial charge in [-0.05, 0) is 51.0 Å². The molecule has 0 bridgehead atoms. The third kappa shape index (κ3) is 4.93. The molecule has 1 aliphatic rings. The van der Waals surface area contributed by atoms with Gasteiger partial charge in [0.1, 0.15) is 6.54 Å². The molecule has 0 spiro atoms. The number of nitrogens with zero attached hydrogens (tertiary/aromatic N) is 3. The minimum absolute atomic E-state index is 0.0696. The molecule has 0 atom stereocenters. The lowest BCUT2D eigenvalue weighted by Crippen LogP contribution is -2.45. The van der Waals surface area contributed by atoms with Crippen LogP contribution >= 0.6 is 11.6 Å². The molecule has 0 aliphatic carbocycles. The van der Waals surface area contributed by atoms with Crippen molar-refractivity contribution < 1.29 is 13.2 Å². The second kappa shape index (κ2) is 8.75. The van der Waals surface area contributed by atoms with Crippen LogP contribution in [0.5, 0.6) is 0 Å². The summed E-state index contributed by atoms with van der Waals surface area (Å²) in [5, 5.41) is 7.98. The van der Waals surface area contributed by atoms with Crippen molar-refractivity contribution in [2.45, 2.75) is 51.1 Å². The van der Waals surface area contributed by atoms with Gasteiger partial charge in [-0.15, -0.1) is 0 Å². The number of aromatic nitrogens is 2. The van der Waals surface area contributed by atoms with Crippen LogP contribution in [0.25, 0.3) is 0 Å². The first-order valence-corrected chi connectivity index (χ1v) is 11.8. The lowest BCUT2D eigenvalue weighted by atomic mass is 10.0. The Hall–Kier alpha value is -2.06. The summed E-state index contributed by atoms with van der Waals surface area (Å²) in [7, 11) is -3.18. The molecule has 1 N–H and O–H groups in total. The average Bonchev–Trinajstić information content (AvgIpc) is 2.95. The average molecular weight is 439 g/mol. The lowest BCUT2D eigenvalue weighted by molar-refractivity contribution is -0.122. The largest absolute Gasteiger partial charge is 0.371 e. The summed E-state index contributed by atoms with van der Waals surface area (Å²) in [6.45, 7) is 7.08. The first kappa shape index (κ1) is 21.6. The molecule has 0 saturated carbocycles. The van der Waals surface area contributed by atoms with Crippen molar-refractivity contribution in [2.24, 2.45) is 0 Å². The number of anilines is 1. The molecule has 1 amide bonds. The monoisotopic (exact) mass is 438 g/mol. The van der Waals surface area contributed by atoms with E-state index in [2.05, 4.69) is 15.3 Å². The quantitative estimate of drug-likeness (QED) is 0.749. The predicted molar refractivity (Wildman–Crippen MR) is 114 cm³/mol. The summed E-state index contributed by atoms with van der Waals surface area (Å²) in [6.07, 6.45) is 1.66. The maximum absolute atomic E-state index is 12.4. The molecule has 2 aromatic rings. The normalized spacial score (nSPS) is 15.5. The number of carbonyl (C=O) groups is 1. The fourth-order valence-electron chi connectivity index (χ4n) is 3.55. The van der Waals surface area contributed by atoms with E-state index in [-0.39, 0.29) is 24.2 Å². The van der Waals surface area contributed by atoms with E-state index in [1.165, 1.54) is 0 Å². The van der Waals surface area contributed by atoms with Crippen molar-refractivity contribution in [3.63, 3.8) is 0 Å². The molecule has 29 heavy (non-hydrogen) atoms. The summed E-state index contributed by atoms with van der Waals surface area (Å²) < 4.78 is 25.5. The molecule has 1 aliphatic heterocycles. The maximum Gasteiger partial charge on any atom is 0.241 e. The SMILES string of the molecule is CCS(=O)(=O)c1ccc(N2CCC(NC(=O)Cn3nc(C)c(Cl)c3C)CC2)cc1. The first-order chi connectivity index (χ1) is 13.7. The number of rotatable bonds is 6. The molecule has 2 heterocycles. The summed E-state index contributed by atoms with van der Waals surface area (Å²) >= 11 is 6.14. The Morgan fingerprint density at radius 2 is 1.83 bits per heavy atom. The van der Waals surface area contributed by atoms with Crippen molar-refractivity contribution in [2.75, 3.05) is 23.7 Å². The molecule has 9 heteroatoms.